The number of rotatable bonds is 6. The van der Waals surface area contributed by atoms with E-state index in [4.69, 9.17) is 15.5 Å². The van der Waals surface area contributed by atoms with Gasteiger partial charge in [0.2, 0.25) is 5.95 Å². The first-order valence-electron chi connectivity index (χ1n) is 11.5. The number of benzene rings is 1. The van der Waals surface area contributed by atoms with E-state index in [9.17, 15) is 4.21 Å². The molecule has 0 bridgehead atoms. The van der Waals surface area contributed by atoms with Crippen molar-refractivity contribution >= 4 is 39.1 Å². The van der Waals surface area contributed by atoms with Crippen molar-refractivity contribution in [3.05, 3.63) is 36.3 Å². The summed E-state index contributed by atoms with van der Waals surface area (Å²) in [5.41, 5.74) is 7.44. The van der Waals surface area contributed by atoms with Gasteiger partial charge < -0.3 is 20.1 Å². The Morgan fingerprint density at radius 3 is 2.71 bits per heavy atom. The van der Waals surface area contributed by atoms with Crippen LogP contribution in [0.1, 0.15) is 32.1 Å². The molecular weight excluding hydrogens is 475 g/mol. The van der Waals surface area contributed by atoms with Crippen LogP contribution in [0.25, 0.3) is 21.8 Å². The zero-order valence-corrected chi connectivity index (χ0v) is 20.3. The predicted octanol–water partition coefficient (Wildman–Crippen LogP) is 4.23. The van der Waals surface area contributed by atoms with Gasteiger partial charge in [-0.2, -0.15) is 0 Å². The summed E-state index contributed by atoms with van der Waals surface area (Å²) in [4.78, 5) is 16.0. The number of morpholine rings is 1. The molecule has 1 saturated heterocycles. The Hall–Kier alpha value is -2.63. The largest absolute Gasteiger partial charge is 0.378 e. The van der Waals surface area contributed by atoms with E-state index >= 15 is 4.39 Å². The van der Waals surface area contributed by atoms with Gasteiger partial charge in [0.05, 0.1) is 40.4 Å². The highest BCUT2D eigenvalue weighted by Gasteiger charge is 2.25. The monoisotopic (exact) mass is 502 g/mol. The molecule has 1 unspecified atom stereocenters. The van der Waals surface area contributed by atoms with Gasteiger partial charge in [0, 0.05) is 24.8 Å². The quantitative estimate of drug-likeness (QED) is 0.519. The van der Waals surface area contributed by atoms with E-state index in [1.165, 1.54) is 17.8 Å². The zero-order chi connectivity index (χ0) is 23.5. The van der Waals surface area contributed by atoms with Crippen LogP contribution in [0.15, 0.2) is 30.5 Å². The molecule has 1 saturated carbocycles. The fraction of sp³-hybridized carbons (Fsp3) is 0.435. The van der Waals surface area contributed by atoms with Crippen LogP contribution < -0.4 is 15.4 Å². The Labute approximate surface area is 204 Å². The van der Waals surface area contributed by atoms with Crippen LogP contribution in [0, 0.1) is 5.82 Å². The Kier molecular flexibility index (Phi) is 7.02. The first-order valence-corrected chi connectivity index (χ1v) is 13.5. The fourth-order valence-corrected chi connectivity index (χ4v) is 6.72. The van der Waals surface area contributed by atoms with E-state index in [2.05, 4.69) is 19.6 Å². The molecule has 3 aromatic rings. The van der Waals surface area contributed by atoms with Gasteiger partial charge in [-0.1, -0.05) is 36.7 Å². The molecule has 8 nitrogen and oxygen atoms in total. The molecule has 1 aliphatic heterocycles. The lowest BCUT2D eigenvalue weighted by atomic mass is 10.0. The summed E-state index contributed by atoms with van der Waals surface area (Å²) in [5.74, 6) is -0.336. The molecule has 0 amide bonds. The lowest BCUT2D eigenvalue weighted by Crippen LogP contribution is -2.36. The van der Waals surface area contributed by atoms with Crippen molar-refractivity contribution in [2.45, 2.75) is 37.4 Å². The first kappa shape index (κ1) is 23.1. The minimum absolute atomic E-state index is 0.0450. The van der Waals surface area contributed by atoms with Crippen molar-refractivity contribution < 1.29 is 13.3 Å². The summed E-state index contributed by atoms with van der Waals surface area (Å²) in [5, 5.41) is 0.817. The van der Waals surface area contributed by atoms with Gasteiger partial charge in [-0.3, -0.25) is 0 Å². The van der Waals surface area contributed by atoms with Gasteiger partial charge in [-0.15, -0.1) is 0 Å². The van der Waals surface area contributed by atoms with Crippen molar-refractivity contribution in [1.82, 2.24) is 15.0 Å². The van der Waals surface area contributed by atoms with Crippen molar-refractivity contribution in [2.75, 3.05) is 41.7 Å². The van der Waals surface area contributed by atoms with Crippen LogP contribution in [-0.4, -0.2) is 50.7 Å². The number of nitrogens with two attached hydrogens (primary N) is 1. The van der Waals surface area contributed by atoms with Gasteiger partial charge in [-0.05, 0) is 31.0 Å². The lowest BCUT2D eigenvalue weighted by Gasteiger charge is -2.26. The van der Waals surface area contributed by atoms with E-state index < -0.39 is 16.8 Å². The summed E-state index contributed by atoms with van der Waals surface area (Å²) in [6.45, 7) is 2.66. The third kappa shape index (κ3) is 4.91. The number of halogens is 1. The lowest BCUT2D eigenvalue weighted by molar-refractivity contribution is 0.122. The number of hydrogen-bond donors (Lipinski definition) is 2. The summed E-state index contributed by atoms with van der Waals surface area (Å²) < 4.78 is 37.1. The molecule has 34 heavy (non-hydrogen) atoms. The maximum absolute atomic E-state index is 15.8. The van der Waals surface area contributed by atoms with E-state index in [-0.39, 0.29) is 16.9 Å². The molecule has 1 aromatic carbocycles. The van der Waals surface area contributed by atoms with Crippen LogP contribution in [-0.2, 0) is 15.7 Å². The summed E-state index contributed by atoms with van der Waals surface area (Å²) in [7, 11) is -1.34. The van der Waals surface area contributed by atoms with Crippen LogP contribution in [0.5, 0.6) is 0 Å². The molecule has 5 rings (SSSR count). The molecule has 2 aromatic heterocycles. The van der Waals surface area contributed by atoms with Gasteiger partial charge in [0.1, 0.15) is 11.0 Å². The Bertz CT molecular complexity index is 1180. The maximum atomic E-state index is 15.8. The number of aromatic nitrogens is 3. The molecular formula is C23H27FN6O2S2. The van der Waals surface area contributed by atoms with Crippen LogP contribution in [0.4, 0.5) is 21.2 Å². The van der Waals surface area contributed by atoms with E-state index in [1.54, 1.807) is 30.5 Å². The zero-order valence-electron chi connectivity index (χ0n) is 18.7. The molecule has 1 atom stereocenters. The molecule has 2 aliphatic rings. The van der Waals surface area contributed by atoms with Gasteiger partial charge in [0.15, 0.2) is 10.9 Å². The van der Waals surface area contributed by atoms with Crippen molar-refractivity contribution in [2.24, 2.45) is 0 Å². The highest BCUT2D eigenvalue weighted by molar-refractivity contribution is 7.87. The molecule has 3 heterocycles. The third-order valence-corrected chi connectivity index (χ3v) is 8.76. The number of ether oxygens (including phenoxy) is 1. The molecule has 3 N–H and O–H groups in total. The van der Waals surface area contributed by atoms with E-state index in [0.29, 0.717) is 48.1 Å². The topological polar surface area (TPSA) is 106 Å². The van der Waals surface area contributed by atoms with E-state index in [0.717, 1.165) is 30.8 Å². The predicted molar refractivity (Wildman–Crippen MR) is 135 cm³/mol. The second-order valence-corrected chi connectivity index (χ2v) is 10.8. The number of anilines is 3. The highest BCUT2D eigenvalue weighted by Crippen LogP contribution is 2.42. The highest BCUT2D eigenvalue weighted by atomic mass is 32.2. The second-order valence-electron chi connectivity index (χ2n) is 8.40. The summed E-state index contributed by atoms with van der Waals surface area (Å²) in [6.07, 6.45) is 6.68. The molecule has 2 fully saturated rings. The Balaban J connectivity index is 1.52. The van der Waals surface area contributed by atoms with Gasteiger partial charge in [0.25, 0.3) is 0 Å². The smallest absolute Gasteiger partial charge is 0.220 e. The molecule has 11 heteroatoms. The minimum Gasteiger partial charge on any atom is -0.378 e. The van der Waals surface area contributed by atoms with Crippen molar-refractivity contribution in [3.63, 3.8) is 0 Å². The Morgan fingerprint density at radius 1 is 1.15 bits per heavy atom. The SMILES string of the molecule is Nc1nccc(-c2sc(N3CCOCC3)nc2-c2cccc(NS(=O)C3CCCCC3)c2F)n1. The van der Waals surface area contributed by atoms with Crippen LogP contribution in [0.3, 0.4) is 0 Å². The minimum atomic E-state index is -1.34. The second kappa shape index (κ2) is 10.3. The Morgan fingerprint density at radius 2 is 1.94 bits per heavy atom. The maximum Gasteiger partial charge on any atom is 0.220 e. The average molecular weight is 503 g/mol. The number of nitrogens with zero attached hydrogens (tertiary/aromatic N) is 4. The van der Waals surface area contributed by atoms with Gasteiger partial charge in [-0.25, -0.2) is 23.6 Å². The molecule has 1 aliphatic carbocycles. The number of nitrogen functional groups attached to an aromatic ring is 1. The molecule has 0 spiro atoms. The van der Waals surface area contributed by atoms with E-state index in [1.807, 2.05) is 0 Å². The van der Waals surface area contributed by atoms with Gasteiger partial charge >= 0.3 is 0 Å². The normalized spacial score (nSPS) is 18.1. The number of nitrogens with one attached hydrogen (secondary N) is 1. The fourth-order valence-electron chi connectivity index (χ4n) is 4.32. The number of hydrogen-bond acceptors (Lipinski definition) is 8. The van der Waals surface area contributed by atoms with Crippen molar-refractivity contribution in [1.29, 1.82) is 0 Å². The third-order valence-electron chi connectivity index (χ3n) is 6.12. The standard InChI is InChI=1S/C23H27FN6O2S2/c24-19-16(7-4-8-17(19)29-34(31)15-5-2-1-3-6-15)20-21(18-9-10-26-22(25)27-18)33-23(28-20)30-11-13-32-14-12-30/h4,7-10,15,29H,1-3,5-6,11-14H2,(H2,25,26,27). The van der Waals surface area contributed by atoms with Crippen LogP contribution in [0.2, 0.25) is 0 Å². The summed E-state index contributed by atoms with van der Waals surface area (Å²) >= 11 is 1.44. The number of thiazole rings is 1. The summed E-state index contributed by atoms with van der Waals surface area (Å²) in [6, 6.07) is 6.81. The first-order chi connectivity index (χ1) is 16.6. The van der Waals surface area contributed by atoms with Crippen LogP contribution >= 0.6 is 11.3 Å². The van der Waals surface area contributed by atoms with Crippen molar-refractivity contribution in [3.8, 4) is 21.8 Å². The molecule has 0 radical (unpaired) electrons. The average Bonchev–Trinajstić information content (AvgIpc) is 3.32. The molecule has 180 valence electrons.